The largest absolute Gasteiger partial charge is 0.462 e. The van der Waals surface area contributed by atoms with Crippen LogP contribution in [0, 0.1) is 5.82 Å². The van der Waals surface area contributed by atoms with E-state index in [1.807, 2.05) is 11.9 Å². The Balaban J connectivity index is 1.70. The van der Waals surface area contributed by atoms with Gasteiger partial charge in [0.15, 0.2) is 0 Å². The highest BCUT2D eigenvalue weighted by molar-refractivity contribution is 5.90. The first-order valence-corrected chi connectivity index (χ1v) is 11.4. The Morgan fingerprint density at radius 3 is 2.58 bits per heavy atom. The van der Waals surface area contributed by atoms with Gasteiger partial charge in [-0.15, -0.1) is 0 Å². The molecule has 1 aromatic carbocycles. The van der Waals surface area contributed by atoms with Crippen LogP contribution >= 0.6 is 0 Å². The zero-order chi connectivity index (χ0) is 25.8. The number of carbonyl (C=O) groups is 1. The van der Waals surface area contributed by atoms with Crippen molar-refractivity contribution in [1.29, 1.82) is 0 Å². The van der Waals surface area contributed by atoms with Gasteiger partial charge in [0.05, 0.1) is 23.6 Å². The van der Waals surface area contributed by atoms with E-state index in [-0.39, 0.29) is 18.2 Å². The lowest BCUT2D eigenvalue weighted by molar-refractivity contribution is -0.130. The lowest BCUT2D eigenvalue weighted by Crippen LogP contribution is -2.44. The Bertz CT molecular complexity index is 1210. The van der Waals surface area contributed by atoms with Crippen molar-refractivity contribution < 1.29 is 27.5 Å². The molecule has 0 saturated carbocycles. The summed E-state index contributed by atoms with van der Waals surface area (Å²) in [5.74, 6) is -1.56. The van der Waals surface area contributed by atoms with Crippen LogP contribution in [0.4, 0.5) is 30.5 Å². The van der Waals surface area contributed by atoms with E-state index in [1.54, 1.807) is 42.9 Å². The molecule has 0 atom stereocenters. The molecule has 0 N–H and O–H groups in total. The molecule has 36 heavy (non-hydrogen) atoms. The van der Waals surface area contributed by atoms with Crippen LogP contribution < -0.4 is 9.96 Å². The summed E-state index contributed by atoms with van der Waals surface area (Å²) >= 11 is 0. The van der Waals surface area contributed by atoms with E-state index in [0.717, 1.165) is 13.1 Å². The minimum atomic E-state index is -3.26. The van der Waals surface area contributed by atoms with Crippen LogP contribution in [0.25, 0.3) is 11.4 Å². The molecule has 1 aliphatic heterocycles. The van der Waals surface area contributed by atoms with Gasteiger partial charge in [0, 0.05) is 51.3 Å². The molecular weight excluding hydrogens is 477 g/mol. The molecule has 0 spiro atoms. The van der Waals surface area contributed by atoms with E-state index in [1.165, 1.54) is 18.3 Å². The first kappa shape index (κ1) is 25.5. The summed E-state index contributed by atoms with van der Waals surface area (Å²) in [6, 6.07) is 7.36. The average Bonchev–Trinajstić information content (AvgIpc) is 3.25. The third-order valence-electron chi connectivity index (χ3n) is 5.81. The molecule has 12 heteroatoms. The number of ether oxygens (including phenoxy) is 1. The van der Waals surface area contributed by atoms with Crippen LogP contribution in [0.2, 0.25) is 0 Å². The number of halogens is 3. The van der Waals surface area contributed by atoms with Crippen molar-refractivity contribution in [2.24, 2.45) is 7.05 Å². The molecule has 3 heterocycles. The van der Waals surface area contributed by atoms with Crippen molar-refractivity contribution in [1.82, 2.24) is 19.4 Å². The number of esters is 1. The van der Waals surface area contributed by atoms with Crippen LogP contribution in [0.3, 0.4) is 0 Å². The fraction of sp³-hybridized carbons (Fsp3) is 0.375. The minimum Gasteiger partial charge on any atom is -0.462 e. The number of carbonyl (C=O) groups excluding carboxylic acids is 1. The van der Waals surface area contributed by atoms with E-state index >= 15 is 0 Å². The second-order valence-corrected chi connectivity index (χ2v) is 8.27. The number of aryl methyl sites for hydroxylation is 1. The van der Waals surface area contributed by atoms with Crippen molar-refractivity contribution in [2.75, 3.05) is 49.8 Å². The summed E-state index contributed by atoms with van der Waals surface area (Å²) in [4.78, 5) is 29.4. The maximum atomic E-state index is 14.9. The summed E-state index contributed by atoms with van der Waals surface area (Å²) in [6.07, 6.45) is 2.92. The van der Waals surface area contributed by atoms with Gasteiger partial charge in [-0.1, -0.05) is 0 Å². The van der Waals surface area contributed by atoms with Gasteiger partial charge in [-0.25, -0.2) is 19.2 Å². The number of piperazine rings is 1. The Morgan fingerprint density at radius 2 is 1.89 bits per heavy atom. The van der Waals surface area contributed by atoms with Crippen LogP contribution in [0.1, 0.15) is 17.3 Å². The molecule has 0 aliphatic carbocycles. The first-order valence-electron chi connectivity index (χ1n) is 11.4. The highest BCUT2D eigenvalue weighted by atomic mass is 19.3. The number of likely N-dealkylation sites (N-methyl/N-ethyl adjacent to an activating group) is 1. The Kier molecular flexibility index (Phi) is 7.75. The highest BCUT2D eigenvalue weighted by Gasteiger charge is 2.25. The second-order valence-electron chi connectivity index (χ2n) is 8.27. The topological polar surface area (TPSA) is 76.0 Å². The number of hydrogen-bond donors (Lipinski definition) is 0. The molecule has 0 bridgehead atoms. The fourth-order valence-corrected chi connectivity index (χ4v) is 3.94. The predicted octanol–water partition coefficient (Wildman–Crippen LogP) is 3.84. The van der Waals surface area contributed by atoms with Gasteiger partial charge in [-0.2, -0.15) is 18.7 Å². The fourth-order valence-electron chi connectivity index (χ4n) is 3.94. The van der Waals surface area contributed by atoms with Crippen LogP contribution in [-0.4, -0.2) is 71.8 Å². The van der Waals surface area contributed by atoms with Gasteiger partial charge in [0.1, 0.15) is 11.5 Å². The van der Waals surface area contributed by atoms with Gasteiger partial charge in [0.25, 0.3) is 5.95 Å². The van der Waals surface area contributed by atoms with Gasteiger partial charge >= 0.3 is 12.6 Å². The average molecular weight is 505 g/mol. The molecule has 1 aliphatic rings. The van der Waals surface area contributed by atoms with Crippen molar-refractivity contribution in [3.05, 3.63) is 54.1 Å². The maximum absolute atomic E-state index is 14.9. The number of aromatic nitrogens is 3. The minimum absolute atomic E-state index is 0.222. The summed E-state index contributed by atoms with van der Waals surface area (Å²) in [7, 11) is 3.71. The third kappa shape index (κ3) is 5.60. The van der Waals surface area contributed by atoms with Crippen LogP contribution in [-0.2, 0) is 16.6 Å². The zero-order valence-corrected chi connectivity index (χ0v) is 20.2. The van der Waals surface area contributed by atoms with Gasteiger partial charge in [0.2, 0.25) is 0 Å². The van der Waals surface area contributed by atoms with Crippen molar-refractivity contribution in [3.8, 4) is 11.4 Å². The maximum Gasteiger partial charge on any atom is 0.365 e. The van der Waals surface area contributed by atoms with Crippen molar-refractivity contribution in [3.63, 3.8) is 0 Å². The smallest absolute Gasteiger partial charge is 0.365 e. The summed E-state index contributed by atoms with van der Waals surface area (Å²) < 4.78 is 48.5. The van der Waals surface area contributed by atoms with Crippen LogP contribution in [0.15, 0.2) is 42.7 Å². The molecule has 1 saturated heterocycles. The Morgan fingerprint density at radius 1 is 1.14 bits per heavy atom. The third-order valence-corrected chi connectivity index (χ3v) is 5.81. The molecule has 3 aromatic rings. The number of benzene rings is 1. The first-order chi connectivity index (χ1) is 17.3. The van der Waals surface area contributed by atoms with E-state index < -0.39 is 18.4 Å². The van der Waals surface area contributed by atoms with Crippen LogP contribution in [0.5, 0.6) is 0 Å². The number of nitrogens with zero attached hydrogens (tertiary/aromatic N) is 6. The van der Waals surface area contributed by atoms with E-state index in [9.17, 15) is 18.0 Å². The molecule has 2 aromatic heterocycles. The molecular formula is C24H27F3N6O3. The predicted molar refractivity (Wildman–Crippen MR) is 128 cm³/mol. The van der Waals surface area contributed by atoms with E-state index in [2.05, 4.69) is 19.7 Å². The van der Waals surface area contributed by atoms with Gasteiger partial charge < -0.3 is 19.1 Å². The monoisotopic (exact) mass is 504 g/mol. The number of rotatable bonds is 8. The van der Waals surface area contributed by atoms with Gasteiger partial charge in [-0.05, 0) is 44.3 Å². The lowest BCUT2D eigenvalue weighted by Gasteiger charge is -2.34. The SMILES string of the molecule is CCOC(=O)c1cc(-c2ccnc(N(OC(F)F)c3cc(N4CCN(C)CC4)ccc3F)n2)n(C)c1. The molecule has 192 valence electrons. The Hall–Kier alpha value is -3.64. The molecule has 0 radical (unpaired) electrons. The zero-order valence-electron chi connectivity index (χ0n) is 20.2. The van der Waals surface area contributed by atoms with Crippen molar-refractivity contribution in [2.45, 2.75) is 13.5 Å². The summed E-state index contributed by atoms with van der Waals surface area (Å²) in [6.45, 7) is 1.72. The summed E-state index contributed by atoms with van der Waals surface area (Å²) in [5, 5.41) is 0.596. The molecule has 1 fully saturated rings. The Labute approximate surface area is 206 Å². The lowest BCUT2D eigenvalue weighted by atomic mass is 10.2. The number of anilines is 3. The molecule has 0 unspecified atom stereocenters. The normalized spacial score (nSPS) is 14.4. The van der Waals surface area contributed by atoms with E-state index in [4.69, 9.17) is 4.74 Å². The summed E-state index contributed by atoms with van der Waals surface area (Å²) in [5.41, 5.74) is 1.55. The van der Waals surface area contributed by atoms with Crippen molar-refractivity contribution >= 4 is 23.3 Å². The highest BCUT2D eigenvalue weighted by Crippen LogP contribution is 2.32. The standard InChI is InChI=1S/C24H27F3N6O3/c1-4-35-22(34)16-13-21(31(3)15-16)19-7-8-28-24(29-19)33(36-23(26)27)20-14-17(5-6-18(20)25)32-11-9-30(2)10-12-32/h5-8,13-15,23H,4,9-12H2,1-3H3. The van der Waals surface area contributed by atoms with Gasteiger partial charge in [-0.3, -0.25) is 0 Å². The molecule has 4 rings (SSSR count). The number of hydrogen-bond acceptors (Lipinski definition) is 8. The van der Waals surface area contributed by atoms with E-state index in [0.29, 0.717) is 40.8 Å². The molecule has 9 nitrogen and oxygen atoms in total. The quantitative estimate of drug-likeness (QED) is 0.338. The molecule has 0 amide bonds. The second kappa shape index (κ2) is 11.0. The number of alkyl halides is 2.